The molecule has 0 bridgehead atoms. The average Bonchev–Trinajstić information content (AvgIpc) is 2.91. The number of nitrogens with one attached hydrogen (secondary N) is 2. The van der Waals surface area contributed by atoms with E-state index in [0.717, 1.165) is 11.5 Å². The minimum Gasteiger partial charge on any atom is -0.367 e. The predicted molar refractivity (Wildman–Crippen MR) is 76.1 cm³/mol. The minimum absolute atomic E-state index is 0.101. The highest BCUT2D eigenvalue weighted by molar-refractivity contribution is 5.93. The highest BCUT2D eigenvalue weighted by Gasteiger charge is 2.10. The zero-order valence-corrected chi connectivity index (χ0v) is 11.1. The molecular formula is C14H13N5O2. The number of hydrogen-bond donors (Lipinski definition) is 2. The first-order valence-corrected chi connectivity index (χ1v) is 6.49. The van der Waals surface area contributed by atoms with Crippen LogP contribution in [-0.4, -0.2) is 32.0 Å². The molecule has 0 aliphatic rings. The van der Waals surface area contributed by atoms with E-state index in [-0.39, 0.29) is 11.0 Å². The molecule has 7 heteroatoms. The third-order valence-electron chi connectivity index (χ3n) is 3.09. The van der Waals surface area contributed by atoms with Crippen molar-refractivity contribution < 1.29 is 4.79 Å². The molecule has 21 heavy (non-hydrogen) atoms. The van der Waals surface area contributed by atoms with Gasteiger partial charge in [-0.25, -0.2) is 0 Å². The summed E-state index contributed by atoms with van der Waals surface area (Å²) in [7, 11) is 0. The van der Waals surface area contributed by atoms with Gasteiger partial charge in [-0.2, -0.15) is 0 Å². The fraction of sp³-hybridized carbons (Fsp3) is 0.143. The van der Waals surface area contributed by atoms with Crippen molar-refractivity contribution in [1.82, 2.24) is 24.9 Å². The van der Waals surface area contributed by atoms with Gasteiger partial charge >= 0.3 is 0 Å². The smallest absolute Gasteiger partial charge is 0.256 e. The summed E-state index contributed by atoms with van der Waals surface area (Å²) < 4.78 is 1.86. The molecule has 0 fully saturated rings. The second-order valence-electron chi connectivity index (χ2n) is 4.47. The van der Waals surface area contributed by atoms with Crippen LogP contribution in [0.2, 0.25) is 0 Å². The lowest BCUT2D eigenvalue weighted by molar-refractivity contribution is 0.0952. The lowest BCUT2D eigenvalue weighted by atomic mass is 10.2. The van der Waals surface area contributed by atoms with Crippen LogP contribution in [0, 0.1) is 0 Å². The molecule has 106 valence electrons. The van der Waals surface area contributed by atoms with Gasteiger partial charge in [-0.05, 0) is 12.1 Å². The van der Waals surface area contributed by atoms with Crippen molar-refractivity contribution in [3.63, 3.8) is 0 Å². The SMILES string of the molecule is O=C(NCCc1nnc2ccccn12)c1c[nH]ccc1=O. The van der Waals surface area contributed by atoms with Crippen LogP contribution in [0.4, 0.5) is 0 Å². The van der Waals surface area contributed by atoms with E-state index in [1.807, 2.05) is 28.8 Å². The summed E-state index contributed by atoms with van der Waals surface area (Å²) in [4.78, 5) is 26.1. The van der Waals surface area contributed by atoms with Crippen molar-refractivity contribution in [3.8, 4) is 0 Å². The van der Waals surface area contributed by atoms with Gasteiger partial charge in [0.1, 0.15) is 11.4 Å². The van der Waals surface area contributed by atoms with Crippen molar-refractivity contribution in [2.75, 3.05) is 6.54 Å². The topological polar surface area (TPSA) is 92.2 Å². The first-order valence-electron chi connectivity index (χ1n) is 6.49. The first kappa shape index (κ1) is 13.0. The molecule has 3 rings (SSSR count). The Bertz CT molecular complexity index is 836. The number of amides is 1. The molecule has 0 aliphatic heterocycles. The number of H-pyrrole nitrogens is 1. The van der Waals surface area contributed by atoms with Gasteiger partial charge in [-0.15, -0.1) is 10.2 Å². The second kappa shape index (κ2) is 5.58. The van der Waals surface area contributed by atoms with Gasteiger partial charge < -0.3 is 10.3 Å². The van der Waals surface area contributed by atoms with E-state index in [4.69, 9.17) is 0 Å². The van der Waals surface area contributed by atoms with E-state index in [9.17, 15) is 9.59 Å². The molecule has 3 aromatic rings. The lowest BCUT2D eigenvalue weighted by Crippen LogP contribution is -2.30. The maximum atomic E-state index is 11.9. The average molecular weight is 283 g/mol. The monoisotopic (exact) mass is 283 g/mol. The van der Waals surface area contributed by atoms with E-state index in [1.54, 1.807) is 0 Å². The van der Waals surface area contributed by atoms with Gasteiger partial charge in [0.2, 0.25) is 0 Å². The van der Waals surface area contributed by atoms with Crippen LogP contribution in [0.25, 0.3) is 5.65 Å². The Morgan fingerprint density at radius 3 is 3.05 bits per heavy atom. The minimum atomic E-state index is -0.398. The maximum Gasteiger partial charge on any atom is 0.256 e. The van der Waals surface area contributed by atoms with E-state index in [2.05, 4.69) is 20.5 Å². The Labute approximate surface area is 119 Å². The van der Waals surface area contributed by atoms with Crippen molar-refractivity contribution in [2.24, 2.45) is 0 Å². The molecule has 7 nitrogen and oxygen atoms in total. The highest BCUT2D eigenvalue weighted by atomic mass is 16.2. The molecular weight excluding hydrogens is 270 g/mol. The van der Waals surface area contributed by atoms with E-state index in [1.165, 1.54) is 18.5 Å². The number of pyridine rings is 2. The molecule has 0 radical (unpaired) electrons. The predicted octanol–water partition coefficient (Wildman–Crippen LogP) is 0.390. The number of nitrogens with zero attached hydrogens (tertiary/aromatic N) is 3. The van der Waals surface area contributed by atoms with Gasteiger partial charge in [0, 0.05) is 37.6 Å². The number of rotatable bonds is 4. The summed E-state index contributed by atoms with van der Waals surface area (Å²) in [6.07, 6.45) is 5.28. The molecule has 2 N–H and O–H groups in total. The van der Waals surface area contributed by atoms with Gasteiger partial charge in [0.25, 0.3) is 5.91 Å². The molecule has 0 saturated carbocycles. The number of fused-ring (bicyclic) bond motifs is 1. The summed E-state index contributed by atoms with van der Waals surface area (Å²) in [6, 6.07) is 6.96. The summed E-state index contributed by atoms with van der Waals surface area (Å²) in [5, 5.41) is 10.8. The Kier molecular flexibility index (Phi) is 3.46. The van der Waals surface area contributed by atoms with E-state index >= 15 is 0 Å². The van der Waals surface area contributed by atoms with Gasteiger partial charge in [-0.3, -0.25) is 14.0 Å². The van der Waals surface area contributed by atoms with Crippen LogP contribution >= 0.6 is 0 Å². The van der Waals surface area contributed by atoms with Gasteiger partial charge in [-0.1, -0.05) is 6.07 Å². The number of hydrogen-bond acceptors (Lipinski definition) is 4. The lowest BCUT2D eigenvalue weighted by Gasteiger charge is -2.03. The summed E-state index contributed by atoms with van der Waals surface area (Å²) in [6.45, 7) is 0.378. The summed E-state index contributed by atoms with van der Waals surface area (Å²) in [5.41, 5.74) is 0.557. The third-order valence-corrected chi connectivity index (χ3v) is 3.09. The van der Waals surface area contributed by atoms with Crippen LogP contribution in [0.1, 0.15) is 16.2 Å². The number of carbonyl (C=O) groups excluding carboxylic acids is 1. The molecule has 0 spiro atoms. The van der Waals surface area contributed by atoms with Crippen molar-refractivity contribution in [3.05, 3.63) is 64.5 Å². The summed E-state index contributed by atoms with van der Waals surface area (Å²) in [5.74, 6) is 0.360. The van der Waals surface area contributed by atoms with Crippen LogP contribution in [0.5, 0.6) is 0 Å². The Morgan fingerprint density at radius 1 is 1.29 bits per heavy atom. The Balaban J connectivity index is 1.65. The molecule has 0 aromatic carbocycles. The largest absolute Gasteiger partial charge is 0.367 e. The summed E-state index contributed by atoms with van der Waals surface area (Å²) >= 11 is 0. The van der Waals surface area contributed by atoms with Crippen molar-refractivity contribution in [1.29, 1.82) is 0 Å². The third kappa shape index (κ3) is 2.66. The number of aromatic nitrogens is 4. The molecule has 0 atom stereocenters. The van der Waals surface area contributed by atoms with Crippen LogP contribution in [0.15, 0.2) is 47.7 Å². The fourth-order valence-corrected chi connectivity index (χ4v) is 2.04. The molecule has 0 aliphatic carbocycles. The van der Waals surface area contributed by atoms with E-state index < -0.39 is 5.91 Å². The van der Waals surface area contributed by atoms with Crippen molar-refractivity contribution in [2.45, 2.75) is 6.42 Å². The Hall–Kier alpha value is -2.96. The van der Waals surface area contributed by atoms with Gasteiger partial charge in [0.15, 0.2) is 11.1 Å². The molecule has 3 aromatic heterocycles. The molecule has 0 unspecified atom stereocenters. The molecule has 3 heterocycles. The molecule has 1 amide bonds. The fourth-order valence-electron chi connectivity index (χ4n) is 2.04. The number of aromatic amines is 1. The van der Waals surface area contributed by atoms with Crippen molar-refractivity contribution >= 4 is 11.6 Å². The zero-order valence-electron chi connectivity index (χ0n) is 11.1. The van der Waals surface area contributed by atoms with E-state index in [0.29, 0.717) is 13.0 Å². The standard InChI is InChI=1S/C14H13N5O2/c20-11-4-6-15-9-10(11)14(21)16-7-5-13-18-17-12-3-1-2-8-19(12)13/h1-4,6,8-9H,5,7H2,(H,15,20)(H,16,21). The second-order valence-corrected chi connectivity index (χ2v) is 4.47. The normalized spacial score (nSPS) is 10.7. The Morgan fingerprint density at radius 2 is 2.19 bits per heavy atom. The zero-order chi connectivity index (χ0) is 14.7. The first-order chi connectivity index (χ1) is 10.3. The molecule has 0 saturated heterocycles. The maximum absolute atomic E-state index is 11.9. The van der Waals surface area contributed by atoms with Crippen LogP contribution < -0.4 is 10.7 Å². The quantitative estimate of drug-likeness (QED) is 0.724. The van der Waals surface area contributed by atoms with Crippen LogP contribution in [0.3, 0.4) is 0 Å². The van der Waals surface area contributed by atoms with Crippen LogP contribution in [-0.2, 0) is 6.42 Å². The number of carbonyl (C=O) groups is 1. The highest BCUT2D eigenvalue weighted by Crippen LogP contribution is 2.02. The van der Waals surface area contributed by atoms with Gasteiger partial charge in [0.05, 0.1) is 0 Å².